The number of ether oxygens (including phenoxy) is 1. The minimum atomic E-state index is -0.174. The van der Waals surface area contributed by atoms with Gasteiger partial charge in [-0.2, -0.15) is 5.10 Å². The molecule has 1 aliphatic heterocycles. The zero-order valence-corrected chi connectivity index (χ0v) is 18.1. The number of hydrogen-bond acceptors (Lipinski definition) is 5. The zero-order chi connectivity index (χ0) is 21.9. The van der Waals surface area contributed by atoms with Crippen LogP contribution in [0.15, 0.2) is 61.2 Å². The molecule has 0 radical (unpaired) electrons. The van der Waals surface area contributed by atoms with Gasteiger partial charge in [0.25, 0.3) is 0 Å². The Labute approximate surface area is 187 Å². The van der Waals surface area contributed by atoms with Gasteiger partial charge in [-0.3, -0.25) is 19.4 Å². The van der Waals surface area contributed by atoms with E-state index in [1.54, 1.807) is 31.7 Å². The maximum Gasteiger partial charge on any atom is 0.248 e. The van der Waals surface area contributed by atoms with Crippen molar-refractivity contribution >= 4 is 17.7 Å². The fraction of sp³-hybridized carbons (Fsp3) is 0.320. The van der Waals surface area contributed by atoms with Gasteiger partial charge >= 0.3 is 0 Å². The summed E-state index contributed by atoms with van der Waals surface area (Å²) in [6, 6.07) is 10.5. The van der Waals surface area contributed by atoms with E-state index in [0.717, 1.165) is 42.0 Å². The highest BCUT2D eigenvalue weighted by molar-refractivity contribution is 6.02. The highest BCUT2D eigenvalue weighted by Crippen LogP contribution is 2.35. The molecule has 0 unspecified atom stereocenters. The van der Waals surface area contributed by atoms with Gasteiger partial charge in [0, 0.05) is 68.2 Å². The minimum Gasteiger partial charge on any atom is -0.379 e. The van der Waals surface area contributed by atoms with E-state index in [4.69, 9.17) is 4.74 Å². The number of aromatic nitrogens is 3. The molecule has 32 heavy (non-hydrogen) atoms. The second-order valence-electron chi connectivity index (χ2n) is 8.47. The van der Waals surface area contributed by atoms with Gasteiger partial charge in [0.05, 0.1) is 18.3 Å². The number of carbonyl (C=O) groups excluding carboxylic acids is 1. The topological polar surface area (TPSA) is 72.3 Å². The summed E-state index contributed by atoms with van der Waals surface area (Å²) in [5.74, 6) is -0.174. The van der Waals surface area contributed by atoms with Crippen LogP contribution in [0.4, 0.5) is 5.69 Å². The van der Waals surface area contributed by atoms with Crippen molar-refractivity contribution in [2.24, 2.45) is 0 Å². The molecule has 3 heterocycles. The van der Waals surface area contributed by atoms with Gasteiger partial charge in [0.15, 0.2) is 0 Å². The Bertz CT molecular complexity index is 1110. The molecule has 1 saturated heterocycles. The fourth-order valence-corrected chi connectivity index (χ4v) is 3.92. The van der Waals surface area contributed by atoms with Crippen LogP contribution in [0.1, 0.15) is 30.0 Å². The van der Waals surface area contributed by atoms with Crippen molar-refractivity contribution in [2.45, 2.75) is 31.5 Å². The molecule has 1 saturated carbocycles. The zero-order valence-electron chi connectivity index (χ0n) is 18.1. The van der Waals surface area contributed by atoms with E-state index in [1.807, 2.05) is 29.1 Å². The van der Waals surface area contributed by atoms with Gasteiger partial charge in [-0.15, -0.1) is 0 Å². The third-order valence-corrected chi connectivity index (χ3v) is 5.98. The van der Waals surface area contributed by atoms with Gasteiger partial charge in [-0.05, 0) is 48.2 Å². The van der Waals surface area contributed by atoms with Gasteiger partial charge in [-0.1, -0.05) is 12.1 Å². The Hall–Kier alpha value is -3.29. The van der Waals surface area contributed by atoms with Crippen LogP contribution in [0, 0.1) is 0 Å². The Kier molecular flexibility index (Phi) is 5.83. The lowest BCUT2D eigenvalue weighted by Crippen LogP contribution is -2.50. The van der Waals surface area contributed by atoms with Crippen LogP contribution in [0.2, 0.25) is 0 Å². The minimum absolute atomic E-state index is 0.174. The molecule has 1 N–H and O–H groups in total. The molecule has 1 aromatic carbocycles. The van der Waals surface area contributed by atoms with Crippen molar-refractivity contribution in [1.29, 1.82) is 0 Å². The van der Waals surface area contributed by atoms with Gasteiger partial charge in [0.2, 0.25) is 5.91 Å². The maximum absolute atomic E-state index is 12.5. The van der Waals surface area contributed by atoms with Crippen molar-refractivity contribution in [2.75, 3.05) is 25.5 Å². The van der Waals surface area contributed by atoms with E-state index < -0.39 is 0 Å². The Morgan fingerprint density at radius 3 is 2.75 bits per heavy atom. The summed E-state index contributed by atoms with van der Waals surface area (Å²) in [6.45, 7) is 2.84. The van der Waals surface area contributed by atoms with Gasteiger partial charge in [0.1, 0.15) is 0 Å². The first-order valence-electron chi connectivity index (χ1n) is 11.0. The van der Waals surface area contributed by atoms with Crippen molar-refractivity contribution in [3.05, 3.63) is 72.3 Å². The van der Waals surface area contributed by atoms with E-state index in [-0.39, 0.29) is 5.91 Å². The molecule has 1 amide bonds. The Morgan fingerprint density at radius 1 is 1.19 bits per heavy atom. The number of hydrogen-bond donors (Lipinski definition) is 1. The van der Waals surface area contributed by atoms with Crippen LogP contribution in [-0.2, 0) is 16.1 Å². The summed E-state index contributed by atoms with van der Waals surface area (Å²) in [5, 5.41) is 7.40. The summed E-state index contributed by atoms with van der Waals surface area (Å²) in [6.07, 6.45) is 13.6. The number of nitrogens with zero attached hydrogens (tertiary/aromatic N) is 4. The molecule has 2 fully saturated rings. The average molecular weight is 430 g/mol. The van der Waals surface area contributed by atoms with Gasteiger partial charge < -0.3 is 10.1 Å². The highest BCUT2D eigenvalue weighted by Gasteiger charge is 2.26. The predicted octanol–water partition coefficient (Wildman–Crippen LogP) is 3.76. The maximum atomic E-state index is 12.5. The standard InChI is InChI=1S/C25H27N5O2/c1-32-23-16-29(17-23)14-18-2-5-21(6-3-18)28-25(31)9-4-19-12-26-11-10-24(19)20-13-27-30(15-20)22-7-8-22/h2-6,9-13,15,22-23H,7-8,14,16-17H2,1H3,(H,28,31)/b9-4+. The van der Waals surface area contributed by atoms with Crippen molar-refractivity contribution < 1.29 is 9.53 Å². The first-order chi connectivity index (χ1) is 15.7. The molecule has 2 aromatic heterocycles. The van der Waals surface area contributed by atoms with Gasteiger partial charge in [-0.25, -0.2) is 0 Å². The molecule has 1 aliphatic carbocycles. The van der Waals surface area contributed by atoms with Crippen LogP contribution in [0.5, 0.6) is 0 Å². The monoisotopic (exact) mass is 429 g/mol. The number of rotatable bonds is 8. The summed E-state index contributed by atoms with van der Waals surface area (Å²) >= 11 is 0. The van der Waals surface area contributed by atoms with Crippen molar-refractivity contribution in [3.63, 3.8) is 0 Å². The molecule has 0 atom stereocenters. The summed E-state index contributed by atoms with van der Waals surface area (Å²) in [7, 11) is 1.76. The van der Waals surface area contributed by atoms with E-state index in [2.05, 4.69) is 38.6 Å². The van der Waals surface area contributed by atoms with E-state index in [1.165, 1.54) is 18.4 Å². The second-order valence-corrected chi connectivity index (χ2v) is 8.47. The third-order valence-electron chi connectivity index (χ3n) is 5.98. The molecule has 7 heteroatoms. The van der Waals surface area contributed by atoms with Crippen molar-refractivity contribution in [3.8, 4) is 11.1 Å². The summed E-state index contributed by atoms with van der Waals surface area (Å²) < 4.78 is 7.34. The van der Waals surface area contributed by atoms with Crippen LogP contribution in [0.3, 0.4) is 0 Å². The molecule has 7 nitrogen and oxygen atoms in total. The molecule has 0 bridgehead atoms. The number of amides is 1. The molecule has 164 valence electrons. The number of anilines is 1. The quantitative estimate of drug-likeness (QED) is 0.552. The van der Waals surface area contributed by atoms with E-state index >= 15 is 0 Å². The lowest BCUT2D eigenvalue weighted by Gasteiger charge is -2.38. The number of methoxy groups -OCH3 is 1. The lowest BCUT2D eigenvalue weighted by molar-refractivity contribution is -0.111. The molecule has 5 rings (SSSR count). The Morgan fingerprint density at radius 2 is 2.00 bits per heavy atom. The van der Waals surface area contributed by atoms with E-state index in [0.29, 0.717) is 12.1 Å². The number of nitrogens with one attached hydrogen (secondary N) is 1. The highest BCUT2D eigenvalue weighted by atomic mass is 16.5. The molecular formula is C25H27N5O2. The number of likely N-dealkylation sites (tertiary alicyclic amines) is 1. The SMILES string of the molecule is COC1CN(Cc2ccc(NC(=O)/C=C/c3cnccc3-c3cnn(C4CC4)c3)cc2)C1. The van der Waals surface area contributed by atoms with Crippen LogP contribution >= 0.6 is 0 Å². The third kappa shape index (κ3) is 4.79. The van der Waals surface area contributed by atoms with E-state index in [9.17, 15) is 4.79 Å². The fourth-order valence-electron chi connectivity index (χ4n) is 3.92. The second kappa shape index (κ2) is 9.06. The van der Waals surface area contributed by atoms with Crippen LogP contribution in [-0.4, -0.2) is 51.9 Å². The number of carbonyl (C=O) groups is 1. The average Bonchev–Trinajstić information content (AvgIpc) is 3.52. The smallest absolute Gasteiger partial charge is 0.248 e. The summed E-state index contributed by atoms with van der Waals surface area (Å²) in [4.78, 5) is 19.0. The number of benzene rings is 1. The molecule has 2 aliphatic rings. The first kappa shape index (κ1) is 20.6. The number of pyridine rings is 1. The van der Waals surface area contributed by atoms with Crippen LogP contribution < -0.4 is 5.32 Å². The lowest BCUT2D eigenvalue weighted by atomic mass is 10.0. The summed E-state index contributed by atoms with van der Waals surface area (Å²) in [5.41, 5.74) is 4.94. The molecule has 3 aromatic rings. The normalized spacial score (nSPS) is 16.9. The molecular weight excluding hydrogens is 402 g/mol. The first-order valence-corrected chi connectivity index (χ1v) is 11.0. The predicted molar refractivity (Wildman–Crippen MR) is 124 cm³/mol. The van der Waals surface area contributed by atoms with Crippen LogP contribution in [0.25, 0.3) is 17.2 Å². The van der Waals surface area contributed by atoms with Crippen molar-refractivity contribution in [1.82, 2.24) is 19.7 Å². The molecule has 0 spiro atoms. The largest absolute Gasteiger partial charge is 0.379 e. The Balaban J connectivity index is 1.19.